The first-order valence-electron chi connectivity index (χ1n) is 3.51. The quantitative estimate of drug-likeness (QED) is 0.394. The van der Waals surface area contributed by atoms with Gasteiger partial charge in [-0.05, 0) is 13.3 Å². The van der Waals surface area contributed by atoms with Crippen molar-refractivity contribution in [2.24, 2.45) is 0 Å². The van der Waals surface area contributed by atoms with Crippen molar-refractivity contribution in [1.29, 1.82) is 0 Å². The number of rotatable bonds is 4. The van der Waals surface area contributed by atoms with Gasteiger partial charge in [0.1, 0.15) is 0 Å². The molecule has 72 valence electrons. The summed E-state index contributed by atoms with van der Waals surface area (Å²) in [5.41, 5.74) is 0.0784. The Labute approximate surface area is 121 Å². The van der Waals surface area contributed by atoms with Crippen molar-refractivity contribution in [3.63, 3.8) is 0 Å². The topological polar surface area (TPSA) is 60.4 Å². The number of hydrogen-bond acceptors (Lipinski definition) is 4. The van der Waals surface area contributed by atoms with Crippen LogP contribution in [0.4, 0.5) is 0 Å². The zero-order valence-corrected chi connectivity index (χ0v) is 7.98. The molecular formula is C7H13KO4S. The van der Waals surface area contributed by atoms with Gasteiger partial charge in [0.05, 0.1) is 5.75 Å². The second-order valence-electron chi connectivity index (χ2n) is 2.41. The van der Waals surface area contributed by atoms with Crippen LogP contribution < -0.4 is 0 Å². The summed E-state index contributed by atoms with van der Waals surface area (Å²) in [5, 5.41) is 0. The van der Waals surface area contributed by atoms with E-state index in [-0.39, 0.29) is 62.7 Å². The molecule has 0 spiro atoms. The molecule has 0 unspecified atom stereocenters. The summed E-state index contributed by atoms with van der Waals surface area (Å²) in [4.78, 5) is 10.7. The summed E-state index contributed by atoms with van der Waals surface area (Å²) < 4.78 is 25.9. The maximum atomic E-state index is 10.9. The van der Waals surface area contributed by atoms with Gasteiger partial charge in [0.15, 0.2) is 0 Å². The minimum atomic E-state index is -3.69. The Kier molecular flexibility index (Phi) is 8.91. The van der Waals surface area contributed by atoms with Crippen LogP contribution in [0.3, 0.4) is 0 Å². The van der Waals surface area contributed by atoms with Gasteiger partial charge in [-0.2, -0.15) is 8.42 Å². The van der Waals surface area contributed by atoms with Gasteiger partial charge in [-0.3, -0.25) is 0 Å². The molecule has 0 aliphatic heterocycles. The molecular weight excluding hydrogens is 219 g/mol. The summed E-state index contributed by atoms with van der Waals surface area (Å²) in [5.74, 6) is -1.03. The van der Waals surface area contributed by atoms with E-state index in [0.29, 0.717) is 6.42 Å². The van der Waals surface area contributed by atoms with E-state index >= 15 is 0 Å². The Balaban J connectivity index is 0. The molecule has 0 saturated heterocycles. The van der Waals surface area contributed by atoms with E-state index in [4.69, 9.17) is 0 Å². The van der Waals surface area contributed by atoms with E-state index in [0.717, 1.165) is 0 Å². The maximum absolute atomic E-state index is 10.9. The molecule has 0 fully saturated rings. The predicted molar refractivity (Wildman–Crippen MR) is 52.1 cm³/mol. The predicted octanol–water partition coefficient (Wildman–Crippen LogP) is 0.197. The van der Waals surface area contributed by atoms with E-state index in [1.165, 1.54) is 6.92 Å². The van der Waals surface area contributed by atoms with Crippen molar-refractivity contribution in [2.75, 3.05) is 5.75 Å². The molecule has 6 heteroatoms. The molecule has 0 aliphatic carbocycles. The Hall–Kier alpha value is 0.796. The molecule has 0 radical (unpaired) electrons. The van der Waals surface area contributed by atoms with Crippen molar-refractivity contribution >= 4 is 67.5 Å². The third-order valence-electron chi connectivity index (χ3n) is 1.01. The molecule has 0 aromatic heterocycles. The second kappa shape index (κ2) is 7.14. The van der Waals surface area contributed by atoms with Crippen LogP contribution in [0, 0.1) is 0 Å². The molecule has 0 aliphatic rings. The number of hydrogen-bond donors (Lipinski definition) is 0. The zero-order valence-electron chi connectivity index (χ0n) is 7.16. The monoisotopic (exact) mass is 232 g/mol. The standard InChI is InChI=1S/C7H12O4S.K.H/c1-4-5-12(9,10)11-7(8)6(2)3;;/h2,4-5H2,1,3H3;;. The second-order valence-corrected chi connectivity index (χ2v) is 4.10. The molecule has 0 atom stereocenters. The van der Waals surface area contributed by atoms with Crippen LogP contribution in [0.1, 0.15) is 20.3 Å². The van der Waals surface area contributed by atoms with Gasteiger partial charge >= 0.3 is 67.5 Å². The molecule has 0 N–H and O–H groups in total. The van der Waals surface area contributed by atoms with Crippen LogP contribution in [0.5, 0.6) is 0 Å². The molecule has 0 heterocycles. The molecule has 0 rings (SSSR count). The molecule has 13 heavy (non-hydrogen) atoms. The SMILES string of the molecule is C=C(C)C(=O)OS(=O)(=O)CCC.[KH]. The molecule has 4 nitrogen and oxygen atoms in total. The van der Waals surface area contributed by atoms with Crippen molar-refractivity contribution < 1.29 is 17.4 Å². The first-order chi connectivity index (χ1) is 5.39. The van der Waals surface area contributed by atoms with Crippen molar-refractivity contribution in [1.82, 2.24) is 0 Å². The third-order valence-corrected chi connectivity index (χ3v) is 2.32. The van der Waals surface area contributed by atoms with E-state index < -0.39 is 16.1 Å². The normalized spacial score (nSPS) is 10.0. The fourth-order valence-corrected chi connectivity index (χ4v) is 1.43. The Morgan fingerprint density at radius 2 is 1.92 bits per heavy atom. The first-order valence-corrected chi connectivity index (χ1v) is 5.08. The van der Waals surface area contributed by atoms with Gasteiger partial charge in [-0.25, -0.2) is 4.79 Å². The van der Waals surface area contributed by atoms with E-state index in [9.17, 15) is 13.2 Å². The van der Waals surface area contributed by atoms with Crippen LogP contribution in [-0.4, -0.2) is 71.5 Å². The van der Waals surface area contributed by atoms with Crippen LogP contribution in [-0.2, 0) is 19.1 Å². The summed E-state index contributed by atoms with van der Waals surface area (Å²) >= 11 is 0. The van der Waals surface area contributed by atoms with Gasteiger partial charge < -0.3 is 4.18 Å². The number of carbonyl (C=O) groups is 1. The van der Waals surface area contributed by atoms with Crippen molar-refractivity contribution in [2.45, 2.75) is 20.3 Å². The molecule has 0 aromatic carbocycles. The average Bonchev–Trinajstić information content (AvgIpc) is 1.85. The van der Waals surface area contributed by atoms with Gasteiger partial charge in [0.25, 0.3) is 0 Å². The summed E-state index contributed by atoms with van der Waals surface area (Å²) in [6, 6.07) is 0. The molecule has 0 bridgehead atoms. The fourth-order valence-electron chi connectivity index (χ4n) is 0.478. The summed E-state index contributed by atoms with van der Waals surface area (Å²) in [6.07, 6.45) is 0.422. The third kappa shape index (κ3) is 7.84. The Morgan fingerprint density at radius 3 is 2.23 bits per heavy atom. The summed E-state index contributed by atoms with van der Waals surface area (Å²) in [7, 11) is -3.69. The first kappa shape index (κ1) is 16.2. The van der Waals surface area contributed by atoms with E-state index in [1.807, 2.05) is 0 Å². The molecule has 0 aromatic rings. The average molecular weight is 232 g/mol. The van der Waals surface area contributed by atoms with Gasteiger partial charge in [-0.15, -0.1) is 0 Å². The van der Waals surface area contributed by atoms with Gasteiger partial charge in [-0.1, -0.05) is 13.5 Å². The number of carbonyl (C=O) groups excluding carboxylic acids is 1. The fraction of sp³-hybridized carbons (Fsp3) is 0.571. The Morgan fingerprint density at radius 1 is 1.46 bits per heavy atom. The summed E-state index contributed by atoms with van der Waals surface area (Å²) in [6.45, 7) is 6.34. The molecule has 0 amide bonds. The van der Waals surface area contributed by atoms with Crippen molar-refractivity contribution in [3.05, 3.63) is 12.2 Å². The van der Waals surface area contributed by atoms with Gasteiger partial charge in [0, 0.05) is 5.57 Å². The minimum absolute atomic E-state index is 0. The Bertz CT molecular complexity index is 281. The zero-order chi connectivity index (χ0) is 9.78. The van der Waals surface area contributed by atoms with E-state index in [1.54, 1.807) is 6.92 Å². The van der Waals surface area contributed by atoms with Crippen molar-refractivity contribution in [3.8, 4) is 0 Å². The van der Waals surface area contributed by atoms with Crippen LogP contribution >= 0.6 is 0 Å². The molecule has 0 saturated carbocycles. The van der Waals surface area contributed by atoms with Gasteiger partial charge in [0.2, 0.25) is 0 Å². The van der Waals surface area contributed by atoms with Crippen LogP contribution in [0.2, 0.25) is 0 Å². The van der Waals surface area contributed by atoms with E-state index in [2.05, 4.69) is 10.8 Å². The van der Waals surface area contributed by atoms with Crippen LogP contribution in [0.15, 0.2) is 12.2 Å². The van der Waals surface area contributed by atoms with Crippen LogP contribution in [0.25, 0.3) is 0 Å².